The molecular weight excluding hydrogens is 400 g/mol. The first kappa shape index (κ1) is 20.0. The van der Waals surface area contributed by atoms with Crippen molar-refractivity contribution in [2.24, 2.45) is 5.92 Å². The molecule has 0 bridgehead atoms. The maximum Gasteiger partial charge on any atom is 0.323 e. The summed E-state index contributed by atoms with van der Waals surface area (Å²) in [6.45, 7) is 8.48. The molecule has 0 spiro atoms. The van der Waals surface area contributed by atoms with Crippen molar-refractivity contribution >= 4 is 38.4 Å². The van der Waals surface area contributed by atoms with Crippen LogP contribution in [0.1, 0.15) is 44.6 Å². The molecule has 30 heavy (non-hydrogen) atoms. The van der Waals surface area contributed by atoms with Gasteiger partial charge in [-0.05, 0) is 49.7 Å². The fourth-order valence-electron chi connectivity index (χ4n) is 4.54. The Morgan fingerprint density at radius 2 is 1.97 bits per heavy atom. The van der Waals surface area contributed by atoms with Gasteiger partial charge >= 0.3 is 6.03 Å². The topological polar surface area (TPSA) is 77.9 Å². The highest BCUT2D eigenvalue weighted by molar-refractivity contribution is 7.23. The van der Waals surface area contributed by atoms with E-state index in [1.165, 1.54) is 17.7 Å². The predicted molar refractivity (Wildman–Crippen MR) is 120 cm³/mol. The number of nitrogens with zero attached hydrogens (tertiary/aromatic N) is 3. The average Bonchev–Trinajstić information content (AvgIpc) is 3.30. The summed E-state index contributed by atoms with van der Waals surface area (Å²) in [5, 5.41) is 13.8. The molecule has 1 aliphatic carbocycles. The van der Waals surface area contributed by atoms with Crippen molar-refractivity contribution in [3.05, 3.63) is 17.7 Å². The fraction of sp³-hybridized carbons (Fsp3) is 0.636. The van der Waals surface area contributed by atoms with E-state index < -0.39 is 5.60 Å². The third-order valence-corrected chi connectivity index (χ3v) is 7.75. The van der Waals surface area contributed by atoms with Crippen LogP contribution >= 0.6 is 11.3 Å². The van der Waals surface area contributed by atoms with Crippen molar-refractivity contribution in [1.82, 2.24) is 9.88 Å². The van der Waals surface area contributed by atoms with E-state index in [-0.39, 0.29) is 6.03 Å². The Bertz CT molecular complexity index is 943. The number of fused-ring (bicyclic) bond motifs is 1. The fourth-order valence-corrected chi connectivity index (χ4v) is 5.57. The lowest BCUT2D eigenvalue weighted by Gasteiger charge is -2.35. The van der Waals surface area contributed by atoms with Gasteiger partial charge in [-0.3, -0.25) is 5.32 Å². The molecule has 2 N–H and O–H groups in total. The first-order valence-corrected chi connectivity index (χ1v) is 11.8. The van der Waals surface area contributed by atoms with E-state index >= 15 is 0 Å². The van der Waals surface area contributed by atoms with Gasteiger partial charge in [-0.25, -0.2) is 9.78 Å². The number of anilines is 2. The minimum absolute atomic E-state index is 0.126. The molecular formula is C22H30N4O3S. The van der Waals surface area contributed by atoms with E-state index in [2.05, 4.69) is 29.3 Å². The first-order valence-electron chi connectivity index (χ1n) is 11.0. The molecule has 3 fully saturated rings. The van der Waals surface area contributed by atoms with E-state index in [4.69, 9.17) is 9.72 Å². The van der Waals surface area contributed by atoms with Crippen LogP contribution in [0.15, 0.2) is 12.1 Å². The van der Waals surface area contributed by atoms with Gasteiger partial charge in [0.15, 0.2) is 5.13 Å². The summed E-state index contributed by atoms with van der Waals surface area (Å²) in [5.41, 5.74) is 2.86. The number of aromatic nitrogens is 1. The van der Waals surface area contributed by atoms with Crippen LogP contribution in [0.25, 0.3) is 10.2 Å². The smallest absolute Gasteiger partial charge is 0.323 e. The van der Waals surface area contributed by atoms with Gasteiger partial charge in [0.2, 0.25) is 0 Å². The number of thiazole rings is 1. The highest BCUT2D eigenvalue weighted by atomic mass is 32.1. The molecule has 3 aliphatic rings. The first-order chi connectivity index (χ1) is 14.4. The van der Waals surface area contributed by atoms with Crippen LogP contribution in [-0.2, 0) is 4.74 Å². The lowest BCUT2D eigenvalue weighted by molar-refractivity contribution is 0.00570. The van der Waals surface area contributed by atoms with E-state index in [1.807, 2.05) is 6.92 Å². The summed E-state index contributed by atoms with van der Waals surface area (Å²) in [6, 6.07) is 4.34. The van der Waals surface area contributed by atoms with Crippen LogP contribution in [0, 0.1) is 5.92 Å². The number of morpholine rings is 1. The van der Waals surface area contributed by atoms with Crippen LogP contribution in [0.2, 0.25) is 0 Å². The van der Waals surface area contributed by atoms with Crippen molar-refractivity contribution in [2.45, 2.75) is 44.6 Å². The lowest BCUT2D eigenvalue weighted by Crippen LogP contribution is -2.46. The molecule has 2 amide bonds. The highest BCUT2D eigenvalue weighted by Crippen LogP contribution is 2.51. The number of benzene rings is 1. The second-order valence-corrected chi connectivity index (χ2v) is 10.2. The predicted octanol–water partition coefficient (Wildman–Crippen LogP) is 3.64. The Morgan fingerprint density at radius 1 is 1.27 bits per heavy atom. The number of ether oxygens (including phenoxy) is 1. The minimum Gasteiger partial charge on any atom is -0.390 e. The maximum atomic E-state index is 12.8. The molecule has 2 atom stereocenters. The van der Waals surface area contributed by atoms with Gasteiger partial charge in [0, 0.05) is 26.2 Å². The molecule has 8 heteroatoms. The molecule has 5 rings (SSSR count). The number of hydrogen-bond donors (Lipinski definition) is 2. The van der Waals surface area contributed by atoms with Crippen LogP contribution in [-0.4, -0.2) is 66.0 Å². The monoisotopic (exact) mass is 430 g/mol. The molecule has 3 heterocycles. The lowest BCUT2D eigenvalue weighted by atomic mass is 9.94. The Hall–Kier alpha value is -1.90. The zero-order valence-corrected chi connectivity index (χ0v) is 18.5. The van der Waals surface area contributed by atoms with Crippen LogP contribution in [0.3, 0.4) is 0 Å². The van der Waals surface area contributed by atoms with Gasteiger partial charge in [0.25, 0.3) is 0 Å². The van der Waals surface area contributed by atoms with Crippen LogP contribution in [0.4, 0.5) is 15.6 Å². The third kappa shape index (κ3) is 3.88. The summed E-state index contributed by atoms with van der Waals surface area (Å²) in [7, 11) is 0. The minimum atomic E-state index is -0.671. The number of urea groups is 1. The van der Waals surface area contributed by atoms with Crippen molar-refractivity contribution < 1.29 is 14.6 Å². The normalized spacial score (nSPS) is 26.1. The molecule has 2 unspecified atom stereocenters. The molecule has 2 aromatic rings. The van der Waals surface area contributed by atoms with Gasteiger partial charge in [0.05, 0.1) is 34.7 Å². The van der Waals surface area contributed by atoms with Crippen LogP contribution in [0.5, 0.6) is 0 Å². The summed E-state index contributed by atoms with van der Waals surface area (Å²) in [6.07, 6.45) is 2.41. The number of hydrogen-bond acceptors (Lipinski definition) is 6. The molecule has 1 aromatic carbocycles. The number of piperidine rings is 1. The van der Waals surface area contributed by atoms with Crippen LogP contribution < -0.4 is 10.2 Å². The standard InChI is InChI=1S/C22H30N4O3S/c1-14-13-16(14)15-3-4-17(25-9-11-29-12-10-25)19-18(15)23-20(30-19)24-21(27)26-7-5-22(2,28)6-8-26/h3-4,14,16,28H,5-13H2,1-2H3,(H,23,24,27). The SMILES string of the molecule is CC1CC1c1ccc(N2CCOCC2)c2sc(NC(=O)N3CCC(C)(O)CC3)nc12. The number of rotatable bonds is 3. The number of carbonyl (C=O) groups excluding carboxylic acids is 1. The molecule has 2 saturated heterocycles. The van der Waals surface area contributed by atoms with Crippen molar-refractivity contribution in [3.63, 3.8) is 0 Å². The van der Waals surface area contributed by atoms with E-state index in [0.29, 0.717) is 42.9 Å². The molecule has 1 aromatic heterocycles. The Morgan fingerprint density at radius 3 is 2.63 bits per heavy atom. The molecule has 7 nitrogen and oxygen atoms in total. The summed E-state index contributed by atoms with van der Waals surface area (Å²) >= 11 is 1.57. The quantitative estimate of drug-likeness (QED) is 0.777. The molecule has 2 aliphatic heterocycles. The number of carbonyl (C=O) groups is 1. The van der Waals surface area contributed by atoms with Gasteiger partial charge in [-0.2, -0.15) is 0 Å². The molecule has 1 saturated carbocycles. The number of amides is 2. The summed E-state index contributed by atoms with van der Waals surface area (Å²) in [4.78, 5) is 21.8. The van der Waals surface area contributed by atoms with Crippen molar-refractivity contribution in [1.29, 1.82) is 0 Å². The second-order valence-electron chi connectivity index (χ2n) is 9.20. The number of aliphatic hydroxyl groups is 1. The second kappa shape index (κ2) is 7.66. The highest BCUT2D eigenvalue weighted by Gasteiger charge is 2.36. The Balaban J connectivity index is 1.42. The van der Waals surface area contributed by atoms with Gasteiger partial charge in [-0.1, -0.05) is 24.3 Å². The third-order valence-electron chi connectivity index (χ3n) is 6.76. The van der Waals surface area contributed by atoms with Crippen molar-refractivity contribution in [3.8, 4) is 0 Å². The van der Waals surface area contributed by atoms with E-state index in [1.54, 1.807) is 16.2 Å². The van der Waals surface area contributed by atoms with Gasteiger partial charge in [-0.15, -0.1) is 0 Å². The summed E-state index contributed by atoms with van der Waals surface area (Å²) in [5.74, 6) is 1.27. The van der Waals surface area contributed by atoms with Crippen molar-refractivity contribution in [2.75, 3.05) is 49.6 Å². The largest absolute Gasteiger partial charge is 0.390 e. The van der Waals surface area contributed by atoms with E-state index in [9.17, 15) is 9.90 Å². The molecule has 162 valence electrons. The van der Waals surface area contributed by atoms with Gasteiger partial charge in [0.1, 0.15) is 0 Å². The van der Waals surface area contributed by atoms with E-state index in [0.717, 1.165) is 36.5 Å². The summed E-state index contributed by atoms with van der Waals surface area (Å²) < 4.78 is 6.68. The maximum absolute atomic E-state index is 12.8. The Kier molecular flexibility index (Phi) is 5.11. The average molecular weight is 431 g/mol. The Labute approximate surface area is 181 Å². The zero-order valence-electron chi connectivity index (χ0n) is 17.7. The zero-order chi connectivity index (χ0) is 20.9. The van der Waals surface area contributed by atoms with Gasteiger partial charge < -0.3 is 19.6 Å². The molecule has 0 radical (unpaired) electrons. The number of likely N-dealkylation sites (tertiary alicyclic amines) is 1. The number of nitrogens with one attached hydrogen (secondary N) is 1.